The standard InChI is InChI=1S/C35H59NO16/c1-5-6-10-21(3)33(52-32(46)18-24(35(49)50)16-30(43)44)28(51-31(45)17-23(34(47)48)15-29(41)42)14-20(2)13-25(38)11-8-7-9-12-26(39)27(40)19-36-22(4)37/h20-21,23-28,33,38-40H,5-19H2,1-4H3,(H,36,37)(H,41,42)(H,43,44)(H,47,48)(H,49,50). The SMILES string of the molecule is CCCCC(C)C(OC(=O)CC(CC(=O)O)C(=O)O)C(CC(C)CC(O)CCCCCC(O)C(O)CNC(C)=O)OC(=O)CC(CC(=O)O)C(=O)O. The van der Waals surface area contributed by atoms with Crippen LogP contribution in [0.25, 0.3) is 0 Å². The number of aliphatic hydroxyl groups excluding tert-OH is 3. The Morgan fingerprint density at radius 2 is 1.15 bits per heavy atom. The first-order valence-corrected chi connectivity index (χ1v) is 17.8. The molecule has 0 saturated carbocycles. The molecule has 0 heterocycles. The number of aliphatic carboxylic acids is 4. The van der Waals surface area contributed by atoms with E-state index in [0.717, 1.165) is 6.42 Å². The van der Waals surface area contributed by atoms with E-state index in [0.29, 0.717) is 38.5 Å². The number of hydrogen-bond donors (Lipinski definition) is 8. The Hall–Kier alpha value is -3.83. The van der Waals surface area contributed by atoms with Gasteiger partial charge >= 0.3 is 35.8 Å². The molecule has 0 aromatic heterocycles. The molecule has 17 nitrogen and oxygen atoms in total. The third-order valence-corrected chi connectivity index (χ3v) is 8.71. The average Bonchev–Trinajstić information content (AvgIpc) is 3.03. The van der Waals surface area contributed by atoms with Gasteiger partial charge in [-0.1, -0.05) is 52.9 Å². The van der Waals surface area contributed by atoms with E-state index in [1.165, 1.54) is 6.92 Å². The topological polar surface area (TPSA) is 292 Å². The molecule has 0 aliphatic carbocycles. The molecule has 0 rings (SSSR count). The van der Waals surface area contributed by atoms with Crippen LogP contribution >= 0.6 is 0 Å². The number of rotatable bonds is 30. The van der Waals surface area contributed by atoms with Crippen molar-refractivity contribution in [1.82, 2.24) is 5.32 Å². The molecule has 8 N–H and O–H groups in total. The summed E-state index contributed by atoms with van der Waals surface area (Å²) in [5, 5.41) is 70.3. The zero-order chi connectivity index (χ0) is 40.0. The van der Waals surface area contributed by atoms with Crippen LogP contribution in [0.1, 0.15) is 118 Å². The number of aliphatic hydroxyl groups is 3. The number of carbonyl (C=O) groups is 7. The number of carboxylic acid groups (broad SMARTS) is 4. The first-order chi connectivity index (χ1) is 24.3. The van der Waals surface area contributed by atoms with Gasteiger partial charge in [0.25, 0.3) is 0 Å². The van der Waals surface area contributed by atoms with Crippen molar-refractivity contribution in [1.29, 1.82) is 0 Å². The van der Waals surface area contributed by atoms with Crippen molar-refractivity contribution in [2.75, 3.05) is 6.54 Å². The highest BCUT2D eigenvalue weighted by molar-refractivity contribution is 5.84. The number of amides is 1. The minimum Gasteiger partial charge on any atom is -0.481 e. The minimum atomic E-state index is -1.60. The summed E-state index contributed by atoms with van der Waals surface area (Å²) in [6.07, 6.45) is -4.02. The second-order valence-corrected chi connectivity index (χ2v) is 13.7. The van der Waals surface area contributed by atoms with Crippen molar-refractivity contribution in [3.05, 3.63) is 0 Å². The number of carbonyl (C=O) groups excluding carboxylic acids is 3. The van der Waals surface area contributed by atoms with E-state index in [4.69, 9.17) is 19.7 Å². The van der Waals surface area contributed by atoms with E-state index in [-0.39, 0.29) is 37.6 Å². The molecule has 0 bridgehead atoms. The van der Waals surface area contributed by atoms with Crippen LogP contribution < -0.4 is 5.32 Å². The Morgan fingerprint density at radius 3 is 1.63 bits per heavy atom. The number of esters is 2. The predicted molar refractivity (Wildman–Crippen MR) is 183 cm³/mol. The molecule has 17 heteroatoms. The normalized spacial score (nSPS) is 16.5. The maximum absolute atomic E-state index is 13.1. The first kappa shape index (κ1) is 48.2. The van der Waals surface area contributed by atoms with Gasteiger partial charge in [-0.15, -0.1) is 0 Å². The van der Waals surface area contributed by atoms with Crippen LogP contribution in [0.4, 0.5) is 0 Å². The Balaban J connectivity index is 5.87. The highest BCUT2D eigenvalue weighted by Crippen LogP contribution is 2.29. The predicted octanol–water partition coefficient (Wildman–Crippen LogP) is 2.35. The molecule has 9 atom stereocenters. The summed E-state index contributed by atoms with van der Waals surface area (Å²) in [6.45, 7) is 6.62. The minimum absolute atomic E-state index is 0.0176. The Bertz CT molecular complexity index is 1150. The lowest BCUT2D eigenvalue weighted by Crippen LogP contribution is -2.42. The van der Waals surface area contributed by atoms with Gasteiger partial charge in [-0.3, -0.25) is 33.6 Å². The molecular formula is C35H59NO16. The van der Waals surface area contributed by atoms with Gasteiger partial charge in [0.2, 0.25) is 5.91 Å². The summed E-state index contributed by atoms with van der Waals surface area (Å²) in [7, 11) is 0. The van der Waals surface area contributed by atoms with Crippen LogP contribution in [-0.4, -0.2) is 115 Å². The summed E-state index contributed by atoms with van der Waals surface area (Å²) in [5.74, 6) is -12.4. The summed E-state index contributed by atoms with van der Waals surface area (Å²) < 4.78 is 11.4. The Kier molecular flexibility index (Phi) is 24.1. The number of unbranched alkanes of at least 4 members (excludes halogenated alkanes) is 3. The monoisotopic (exact) mass is 749 g/mol. The second-order valence-electron chi connectivity index (χ2n) is 13.7. The van der Waals surface area contributed by atoms with E-state index in [9.17, 15) is 59.1 Å². The highest BCUT2D eigenvalue weighted by Gasteiger charge is 2.37. The molecule has 0 aromatic rings. The summed E-state index contributed by atoms with van der Waals surface area (Å²) >= 11 is 0. The lowest BCUT2D eigenvalue weighted by molar-refractivity contribution is -0.177. The fourth-order valence-corrected chi connectivity index (χ4v) is 5.79. The first-order valence-electron chi connectivity index (χ1n) is 17.8. The van der Waals surface area contributed by atoms with E-state index in [1.54, 1.807) is 13.8 Å². The van der Waals surface area contributed by atoms with E-state index >= 15 is 0 Å². The zero-order valence-corrected chi connectivity index (χ0v) is 30.6. The molecule has 0 aliphatic heterocycles. The van der Waals surface area contributed by atoms with Crippen molar-refractivity contribution >= 4 is 41.7 Å². The third kappa shape index (κ3) is 22.2. The van der Waals surface area contributed by atoms with Crippen molar-refractivity contribution in [3.8, 4) is 0 Å². The molecule has 0 aromatic carbocycles. The lowest BCUT2D eigenvalue weighted by Gasteiger charge is -2.33. The number of nitrogens with one attached hydrogen (secondary N) is 1. The zero-order valence-electron chi connectivity index (χ0n) is 30.6. The van der Waals surface area contributed by atoms with Gasteiger partial charge in [0.15, 0.2) is 0 Å². The van der Waals surface area contributed by atoms with Crippen LogP contribution in [0.15, 0.2) is 0 Å². The average molecular weight is 750 g/mol. The third-order valence-electron chi connectivity index (χ3n) is 8.71. The molecule has 300 valence electrons. The van der Waals surface area contributed by atoms with Crippen molar-refractivity contribution in [3.63, 3.8) is 0 Å². The van der Waals surface area contributed by atoms with Crippen LogP contribution in [0.3, 0.4) is 0 Å². The van der Waals surface area contributed by atoms with Crippen molar-refractivity contribution < 1.29 is 78.8 Å². The maximum Gasteiger partial charge on any atom is 0.307 e. The quantitative estimate of drug-likeness (QED) is 0.0386. The fourth-order valence-electron chi connectivity index (χ4n) is 5.79. The van der Waals surface area contributed by atoms with Crippen molar-refractivity contribution in [2.45, 2.75) is 148 Å². The van der Waals surface area contributed by atoms with E-state index < -0.39 is 110 Å². The van der Waals surface area contributed by atoms with Crippen LogP contribution in [0.2, 0.25) is 0 Å². The van der Waals surface area contributed by atoms with Crippen LogP contribution in [0.5, 0.6) is 0 Å². The molecule has 9 unspecified atom stereocenters. The fraction of sp³-hybridized carbons (Fsp3) is 0.800. The van der Waals surface area contributed by atoms with E-state index in [1.807, 2.05) is 6.92 Å². The van der Waals surface area contributed by atoms with Gasteiger partial charge in [0.05, 0.1) is 55.8 Å². The molecule has 0 radical (unpaired) electrons. The number of carboxylic acids is 4. The largest absolute Gasteiger partial charge is 0.481 e. The van der Waals surface area contributed by atoms with Crippen LogP contribution in [0, 0.1) is 23.7 Å². The summed E-state index contributed by atoms with van der Waals surface area (Å²) in [4.78, 5) is 82.7. The lowest BCUT2D eigenvalue weighted by atomic mass is 9.87. The highest BCUT2D eigenvalue weighted by atomic mass is 16.6. The van der Waals surface area contributed by atoms with E-state index in [2.05, 4.69) is 5.32 Å². The van der Waals surface area contributed by atoms with Gasteiger partial charge in [-0.25, -0.2) is 0 Å². The van der Waals surface area contributed by atoms with Gasteiger partial charge in [-0.05, 0) is 43.9 Å². The number of hydrogen-bond acceptors (Lipinski definition) is 12. The van der Waals surface area contributed by atoms with Gasteiger partial charge in [0, 0.05) is 13.5 Å². The van der Waals surface area contributed by atoms with Crippen LogP contribution in [-0.2, 0) is 43.0 Å². The number of ether oxygens (including phenoxy) is 2. The Labute approximate surface area is 304 Å². The smallest absolute Gasteiger partial charge is 0.307 e. The summed E-state index contributed by atoms with van der Waals surface area (Å²) in [6, 6.07) is 0. The van der Waals surface area contributed by atoms with Gasteiger partial charge < -0.3 is 50.5 Å². The molecule has 1 amide bonds. The molecule has 0 spiro atoms. The van der Waals surface area contributed by atoms with Gasteiger partial charge in [-0.2, -0.15) is 0 Å². The molecule has 0 fully saturated rings. The van der Waals surface area contributed by atoms with Crippen molar-refractivity contribution in [2.24, 2.45) is 23.7 Å². The molecule has 0 aliphatic rings. The Morgan fingerprint density at radius 1 is 0.635 bits per heavy atom. The molecular weight excluding hydrogens is 690 g/mol. The van der Waals surface area contributed by atoms with Gasteiger partial charge in [0.1, 0.15) is 12.2 Å². The summed E-state index contributed by atoms with van der Waals surface area (Å²) in [5.41, 5.74) is 0. The molecule has 52 heavy (non-hydrogen) atoms. The maximum atomic E-state index is 13.1. The second kappa shape index (κ2) is 26.0. The molecule has 0 saturated heterocycles.